The number of hydrogen-bond donors (Lipinski definition) is 3. The number of nitrogens with one attached hydrogen (secondary N) is 3. The number of rotatable bonds is 7. The zero-order chi connectivity index (χ0) is 20.6. The minimum atomic E-state index is -0.250. The van der Waals surface area contributed by atoms with Crippen molar-refractivity contribution in [3.8, 4) is 5.75 Å². The molecule has 0 aliphatic heterocycles. The van der Waals surface area contributed by atoms with Gasteiger partial charge in [-0.25, -0.2) is 4.98 Å². The number of carbonyl (C=O) groups excluding carboxylic acids is 2. The molecule has 29 heavy (non-hydrogen) atoms. The Morgan fingerprint density at radius 1 is 0.966 bits per heavy atom. The molecule has 0 unspecified atom stereocenters. The number of amides is 2. The van der Waals surface area contributed by atoms with Crippen LogP contribution in [0.15, 0.2) is 66.9 Å². The van der Waals surface area contributed by atoms with Crippen LogP contribution < -0.4 is 20.7 Å². The summed E-state index contributed by atoms with van der Waals surface area (Å²) in [4.78, 5) is 27.9. The van der Waals surface area contributed by atoms with Gasteiger partial charge >= 0.3 is 0 Å². The number of nitrogens with zero attached hydrogens (tertiary/aromatic N) is 1. The fraction of sp³-hybridized carbons (Fsp3) is 0.136. The molecule has 7 heteroatoms. The summed E-state index contributed by atoms with van der Waals surface area (Å²) in [6, 6.07) is 18.0. The second-order valence-electron chi connectivity index (χ2n) is 6.31. The molecule has 0 spiro atoms. The standard InChI is InChI=1S/C22H22N4O3/c1-15(27)25-18-7-9-19(10-8-18)26-22(28)16-11-12-23-21(13-16)24-14-17-5-3-4-6-20(17)29-2/h3-13H,14H2,1-2H3,(H,23,24)(H,25,27)(H,26,28). The first-order chi connectivity index (χ1) is 14.0. The van der Waals surface area contributed by atoms with E-state index in [1.165, 1.54) is 6.92 Å². The van der Waals surface area contributed by atoms with Crippen molar-refractivity contribution < 1.29 is 14.3 Å². The van der Waals surface area contributed by atoms with Crippen LogP contribution in [0.3, 0.4) is 0 Å². The van der Waals surface area contributed by atoms with Crippen LogP contribution in [0.5, 0.6) is 5.75 Å². The molecule has 1 aromatic heterocycles. The van der Waals surface area contributed by atoms with Gasteiger partial charge in [-0.1, -0.05) is 18.2 Å². The van der Waals surface area contributed by atoms with Gasteiger partial charge in [0.15, 0.2) is 0 Å². The van der Waals surface area contributed by atoms with Gasteiger partial charge in [0.2, 0.25) is 5.91 Å². The maximum absolute atomic E-state index is 12.5. The van der Waals surface area contributed by atoms with Gasteiger partial charge in [-0.05, 0) is 42.5 Å². The Labute approximate surface area is 169 Å². The summed E-state index contributed by atoms with van der Waals surface area (Å²) in [5, 5.41) is 8.72. The summed E-state index contributed by atoms with van der Waals surface area (Å²) in [6.45, 7) is 1.96. The number of para-hydroxylation sites is 1. The molecule has 2 aromatic carbocycles. The minimum absolute atomic E-state index is 0.147. The van der Waals surface area contributed by atoms with Crippen molar-refractivity contribution in [1.29, 1.82) is 0 Å². The molecule has 0 radical (unpaired) electrons. The highest BCUT2D eigenvalue weighted by Gasteiger charge is 2.09. The first kappa shape index (κ1) is 19.9. The number of benzene rings is 2. The predicted octanol–water partition coefficient (Wildman–Crippen LogP) is 3.91. The van der Waals surface area contributed by atoms with E-state index in [-0.39, 0.29) is 11.8 Å². The lowest BCUT2D eigenvalue weighted by atomic mass is 10.2. The fourth-order valence-corrected chi connectivity index (χ4v) is 2.75. The van der Waals surface area contributed by atoms with E-state index >= 15 is 0 Å². The molecule has 148 valence electrons. The number of ether oxygens (including phenoxy) is 1. The number of hydrogen-bond acceptors (Lipinski definition) is 5. The third kappa shape index (κ3) is 5.55. The van der Waals surface area contributed by atoms with E-state index in [2.05, 4.69) is 20.9 Å². The molecule has 3 rings (SSSR count). The lowest BCUT2D eigenvalue weighted by molar-refractivity contribution is -0.114. The van der Waals surface area contributed by atoms with Gasteiger partial charge in [0.1, 0.15) is 11.6 Å². The average Bonchev–Trinajstić information content (AvgIpc) is 2.73. The molecule has 0 fully saturated rings. The first-order valence-electron chi connectivity index (χ1n) is 9.06. The number of methoxy groups -OCH3 is 1. The Balaban J connectivity index is 1.64. The second-order valence-corrected chi connectivity index (χ2v) is 6.31. The Morgan fingerprint density at radius 2 is 1.66 bits per heavy atom. The van der Waals surface area contributed by atoms with E-state index in [0.717, 1.165) is 11.3 Å². The van der Waals surface area contributed by atoms with Crippen molar-refractivity contribution in [3.63, 3.8) is 0 Å². The highest BCUT2D eigenvalue weighted by Crippen LogP contribution is 2.19. The van der Waals surface area contributed by atoms with Gasteiger partial charge < -0.3 is 20.7 Å². The molecule has 0 bridgehead atoms. The predicted molar refractivity (Wildman–Crippen MR) is 113 cm³/mol. The number of pyridine rings is 1. The highest BCUT2D eigenvalue weighted by atomic mass is 16.5. The normalized spacial score (nSPS) is 10.1. The summed E-state index contributed by atoms with van der Waals surface area (Å²) in [5.41, 5.74) is 2.77. The van der Waals surface area contributed by atoms with Crippen molar-refractivity contribution in [2.75, 3.05) is 23.1 Å². The lowest BCUT2D eigenvalue weighted by Crippen LogP contribution is -2.13. The Bertz CT molecular complexity index is 1000. The van der Waals surface area contributed by atoms with Crippen LogP contribution in [0, 0.1) is 0 Å². The summed E-state index contributed by atoms with van der Waals surface area (Å²) in [6.07, 6.45) is 1.58. The molecular weight excluding hydrogens is 368 g/mol. The van der Waals surface area contributed by atoms with Crippen molar-refractivity contribution in [2.45, 2.75) is 13.5 Å². The topological polar surface area (TPSA) is 92.4 Å². The van der Waals surface area contributed by atoms with Crippen LogP contribution in [0.4, 0.5) is 17.2 Å². The third-order valence-corrected chi connectivity index (χ3v) is 4.14. The smallest absolute Gasteiger partial charge is 0.255 e. The molecule has 0 aliphatic carbocycles. The van der Waals surface area contributed by atoms with Gasteiger partial charge in [0.05, 0.1) is 7.11 Å². The van der Waals surface area contributed by atoms with Crippen LogP contribution in [0.2, 0.25) is 0 Å². The van der Waals surface area contributed by atoms with Gasteiger partial charge in [-0.3, -0.25) is 9.59 Å². The van der Waals surface area contributed by atoms with Crippen LogP contribution in [-0.2, 0) is 11.3 Å². The molecule has 0 aliphatic rings. The number of anilines is 3. The monoisotopic (exact) mass is 390 g/mol. The van der Waals surface area contributed by atoms with E-state index in [1.807, 2.05) is 24.3 Å². The van der Waals surface area contributed by atoms with Gasteiger partial charge in [0.25, 0.3) is 5.91 Å². The van der Waals surface area contributed by atoms with E-state index in [0.29, 0.717) is 29.3 Å². The van der Waals surface area contributed by atoms with Gasteiger partial charge in [-0.15, -0.1) is 0 Å². The van der Waals surface area contributed by atoms with Crippen LogP contribution >= 0.6 is 0 Å². The highest BCUT2D eigenvalue weighted by molar-refractivity contribution is 6.04. The second kappa shape index (κ2) is 9.36. The molecule has 0 atom stereocenters. The van der Waals surface area contributed by atoms with Gasteiger partial charge in [-0.2, -0.15) is 0 Å². The van der Waals surface area contributed by atoms with Crippen molar-refractivity contribution >= 4 is 29.0 Å². The van der Waals surface area contributed by atoms with Crippen LogP contribution in [-0.4, -0.2) is 23.9 Å². The Morgan fingerprint density at radius 3 is 2.34 bits per heavy atom. The molecular formula is C22H22N4O3. The maximum Gasteiger partial charge on any atom is 0.255 e. The van der Waals surface area contributed by atoms with Crippen molar-refractivity contribution in [3.05, 3.63) is 78.0 Å². The summed E-state index contributed by atoms with van der Waals surface area (Å²) in [5.74, 6) is 0.980. The number of carbonyl (C=O) groups is 2. The quantitative estimate of drug-likeness (QED) is 0.569. The molecule has 0 saturated carbocycles. The fourth-order valence-electron chi connectivity index (χ4n) is 2.75. The summed E-state index contributed by atoms with van der Waals surface area (Å²) in [7, 11) is 1.63. The average molecular weight is 390 g/mol. The third-order valence-electron chi connectivity index (χ3n) is 4.14. The van der Waals surface area contributed by atoms with Crippen molar-refractivity contribution in [1.82, 2.24) is 4.98 Å². The zero-order valence-corrected chi connectivity index (χ0v) is 16.2. The summed E-state index contributed by atoms with van der Waals surface area (Å²) >= 11 is 0. The molecule has 3 aromatic rings. The SMILES string of the molecule is COc1ccccc1CNc1cc(C(=O)Nc2ccc(NC(C)=O)cc2)ccn1. The first-order valence-corrected chi connectivity index (χ1v) is 9.06. The van der Waals surface area contributed by atoms with Crippen LogP contribution in [0.25, 0.3) is 0 Å². The van der Waals surface area contributed by atoms with E-state index in [1.54, 1.807) is 49.7 Å². The molecule has 7 nitrogen and oxygen atoms in total. The Kier molecular flexibility index (Phi) is 6.42. The number of aromatic nitrogens is 1. The summed E-state index contributed by atoms with van der Waals surface area (Å²) < 4.78 is 5.34. The zero-order valence-electron chi connectivity index (χ0n) is 16.2. The Hall–Kier alpha value is -3.87. The molecule has 3 N–H and O–H groups in total. The van der Waals surface area contributed by atoms with E-state index in [4.69, 9.17) is 4.74 Å². The van der Waals surface area contributed by atoms with E-state index in [9.17, 15) is 9.59 Å². The minimum Gasteiger partial charge on any atom is -0.496 e. The molecule has 0 saturated heterocycles. The van der Waals surface area contributed by atoms with E-state index < -0.39 is 0 Å². The van der Waals surface area contributed by atoms with Gasteiger partial charge in [0, 0.05) is 42.2 Å². The lowest BCUT2D eigenvalue weighted by Gasteiger charge is -2.11. The molecule has 2 amide bonds. The maximum atomic E-state index is 12.5. The largest absolute Gasteiger partial charge is 0.496 e. The molecule has 1 heterocycles. The van der Waals surface area contributed by atoms with Crippen molar-refractivity contribution in [2.24, 2.45) is 0 Å². The van der Waals surface area contributed by atoms with Crippen LogP contribution in [0.1, 0.15) is 22.8 Å².